The van der Waals surface area contributed by atoms with Crippen LogP contribution in [0.25, 0.3) is 0 Å². The summed E-state index contributed by atoms with van der Waals surface area (Å²) in [6.45, 7) is 1.59. The third kappa shape index (κ3) is 5.12. The first-order valence-corrected chi connectivity index (χ1v) is 12.4. The standard InChI is InChI=1S/C24H27F3N4O2S/c1-18-8-11-23-20(12-18)13-30(34(32,33)24(25,26)27)16-22(10-9-19-6-4-3-5-7-19)31(23)15-21-14-29(2)17-28-21/h3-8,11-12,14,17,22H,9-10,13,15-16H2,1-2H3. The maximum Gasteiger partial charge on any atom is 0.511 e. The fourth-order valence-corrected chi connectivity index (χ4v) is 5.37. The Morgan fingerprint density at radius 3 is 2.50 bits per heavy atom. The summed E-state index contributed by atoms with van der Waals surface area (Å²) in [7, 11) is -3.65. The van der Waals surface area contributed by atoms with Gasteiger partial charge in [-0.1, -0.05) is 48.0 Å². The predicted octanol–water partition coefficient (Wildman–Crippen LogP) is 4.40. The summed E-state index contributed by atoms with van der Waals surface area (Å²) in [6, 6.07) is 14.7. The van der Waals surface area contributed by atoms with Gasteiger partial charge in [-0.05, 0) is 37.0 Å². The predicted molar refractivity (Wildman–Crippen MR) is 125 cm³/mol. The average molecular weight is 493 g/mol. The number of halogens is 3. The molecule has 4 rings (SSSR count). The van der Waals surface area contributed by atoms with Crippen LogP contribution in [0.4, 0.5) is 18.9 Å². The van der Waals surface area contributed by atoms with Crippen molar-refractivity contribution in [3.8, 4) is 0 Å². The number of hydrogen-bond donors (Lipinski definition) is 0. The van der Waals surface area contributed by atoms with E-state index in [1.165, 1.54) is 0 Å². The van der Waals surface area contributed by atoms with Gasteiger partial charge in [0.25, 0.3) is 0 Å². The second-order valence-corrected chi connectivity index (χ2v) is 10.6. The Morgan fingerprint density at radius 1 is 1.12 bits per heavy atom. The van der Waals surface area contributed by atoms with Gasteiger partial charge in [-0.2, -0.15) is 17.5 Å². The number of nitrogens with zero attached hydrogens (tertiary/aromatic N) is 4. The van der Waals surface area contributed by atoms with Crippen molar-refractivity contribution < 1.29 is 21.6 Å². The maximum absolute atomic E-state index is 13.6. The second kappa shape index (κ2) is 9.42. The number of anilines is 1. The smallest absolute Gasteiger partial charge is 0.361 e. The number of alkyl halides is 3. The first kappa shape index (κ1) is 24.3. The highest BCUT2D eigenvalue weighted by Gasteiger charge is 2.51. The maximum atomic E-state index is 13.6. The number of imidazole rings is 1. The minimum atomic E-state index is -5.50. The quantitative estimate of drug-likeness (QED) is 0.512. The number of aromatic nitrogens is 2. The number of fused-ring (bicyclic) bond motifs is 1. The van der Waals surface area contributed by atoms with Crippen LogP contribution in [0.2, 0.25) is 0 Å². The minimum absolute atomic E-state index is 0.269. The van der Waals surface area contributed by atoms with Crippen molar-refractivity contribution in [2.24, 2.45) is 7.05 Å². The molecule has 0 radical (unpaired) electrons. The van der Waals surface area contributed by atoms with E-state index in [1.807, 2.05) is 72.1 Å². The first-order valence-electron chi connectivity index (χ1n) is 11.0. The lowest BCUT2D eigenvalue weighted by Crippen LogP contribution is -2.47. The SMILES string of the molecule is Cc1ccc2c(c1)CN(S(=O)(=O)C(F)(F)F)CC(CCc1ccccc1)N2Cc1cn(C)cn1. The summed E-state index contributed by atoms with van der Waals surface area (Å²) in [4.78, 5) is 6.41. The van der Waals surface area contributed by atoms with Gasteiger partial charge >= 0.3 is 15.5 Å². The zero-order chi connectivity index (χ0) is 24.5. The lowest BCUT2D eigenvalue weighted by atomic mass is 10.0. The zero-order valence-electron chi connectivity index (χ0n) is 19.0. The van der Waals surface area contributed by atoms with E-state index in [4.69, 9.17) is 0 Å². The first-order chi connectivity index (χ1) is 16.0. The summed E-state index contributed by atoms with van der Waals surface area (Å²) in [5.74, 6) is 0. The minimum Gasteiger partial charge on any atom is -0.361 e. The number of sulfonamides is 1. The molecule has 1 aliphatic heterocycles. The molecule has 1 aromatic heterocycles. The molecule has 3 aromatic rings. The van der Waals surface area contributed by atoms with E-state index in [9.17, 15) is 21.6 Å². The molecule has 0 saturated carbocycles. The van der Waals surface area contributed by atoms with Crippen molar-refractivity contribution in [1.82, 2.24) is 13.9 Å². The summed E-state index contributed by atoms with van der Waals surface area (Å²) in [5, 5.41) is 0. The molecular weight excluding hydrogens is 465 g/mol. The molecule has 10 heteroatoms. The number of benzene rings is 2. The molecule has 1 aliphatic rings. The molecule has 34 heavy (non-hydrogen) atoms. The van der Waals surface area contributed by atoms with Crippen molar-refractivity contribution in [1.29, 1.82) is 0 Å². The van der Waals surface area contributed by atoms with Gasteiger partial charge in [0.15, 0.2) is 0 Å². The molecule has 2 aromatic carbocycles. The Labute approximate surface area is 197 Å². The molecule has 182 valence electrons. The van der Waals surface area contributed by atoms with Crippen molar-refractivity contribution in [2.45, 2.75) is 44.4 Å². The van der Waals surface area contributed by atoms with Crippen LogP contribution in [0.15, 0.2) is 61.1 Å². The summed E-state index contributed by atoms with van der Waals surface area (Å²) in [5.41, 5.74) is -1.44. The van der Waals surface area contributed by atoms with Crippen molar-refractivity contribution >= 4 is 15.7 Å². The number of hydrogen-bond acceptors (Lipinski definition) is 4. The molecule has 1 unspecified atom stereocenters. The van der Waals surface area contributed by atoms with Gasteiger partial charge in [0, 0.05) is 38.1 Å². The lowest BCUT2D eigenvalue weighted by molar-refractivity contribution is -0.0492. The van der Waals surface area contributed by atoms with Crippen LogP contribution < -0.4 is 4.90 Å². The van der Waals surface area contributed by atoms with Gasteiger partial charge < -0.3 is 9.47 Å². The third-order valence-corrected chi connectivity index (χ3v) is 7.62. The fraction of sp³-hybridized carbons (Fsp3) is 0.375. The van der Waals surface area contributed by atoms with E-state index >= 15 is 0 Å². The average Bonchev–Trinajstić information content (AvgIpc) is 3.12. The van der Waals surface area contributed by atoms with E-state index in [2.05, 4.69) is 4.98 Å². The van der Waals surface area contributed by atoms with E-state index in [0.717, 1.165) is 22.5 Å². The third-order valence-electron chi connectivity index (χ3n) is 6.08. The largest absolute Gasteiger partial charge is 0.511 e. The highest BCUT2D eigenvalue weighted by atomic mass is 32.2. The Hall–Kier alpha value is -2.85. The molecule has 0 spiro atoms. The zero-order valence-corrected chi connectivity index (χ0v) is 19.9. The molecule has 0 fully saturated rings. The van der Waals surface area contributed by atoms with Crippen LogP contribution in [0.1, 0.15) is 28.8 Å². The molecule has 0 bridgehead atoms. The van der Waals surface area contributed by atoms with Gasteiger partial charge in [0.2, 0.25) is 0 Å². The van der Waals surface area contributed by atoms with Gasteiger partial charge in [-0.25, -0.2) is 13.4 Å². The fourth-order valence-electron chi connectivity index (χ4n) is 4.40. The van der Waals surface area contributed by atoms with Gasteiger partial charge in [0.05, 0.1) is 18.6 Å². The number of aryl methyl sites for hydroxylation is 3. The molecule has 2 heterocycles. The highest BCUT2D eigenvalue weighted by Crippen LogP contribution is 2.36. The molecule has 0 N–H and O–H groups in total. The van der Waals surface area contributed by atoms with Crippen molar-refractivity contribution in [2.75, 3.05) is 11.4 Å². The van der Waals surface area contributed by atoms with Crippen LogP contribution in [0.3, 0.4) is 0 Å². The van der Waals surface area contributed by atoms with E-state index in [-0.39, 0.29) is 13.1 Å². The Morgan fingerprint density at radius 2 is 1.85 bits per heavy atom. The van der Waals surface area contributed by atoms with Crippen LogP contribution in [-0.2, 0) is 36.6 Å². The van der Waals surface area contributed by atoms with Gasteiger partial charge in [-0.15, -0.1) is 0 Å². The van der Waals surface area contributed by atoms with E-state index < -0.39 is 21.6 Å². The Bertz CT molecular complexity index is 1240. The second-order valence-electron chi connectivity index (χ2n) is 8.71. The lowest BCUT2D eigenvalue weighted by Gasteiger charge is -2.34. The molecule has 0 aliphatic carbocycles. The summed E-state index contributed by atoms with van der Waals surface area (Å²) in [6.07, 6.45) is 4.61. The highest BCUT2D eigenvalue weighted by molar-refractivity contribution is 7.89. The molecule has 1 atom stereocenters. The Balaban J connectivity index is 1.77. The van der Waals surface area contributed by atoms with Crippen molar-refractivity contribution in [3.05, 3.63) is 83.4 Å². The van der Waals surface area contributed by atoms with Crippen LogP contribution in [-0.4, -0.2) is 40.4 Å². The van der Waals surface area contributed by atoms with Gasteiger partial charge in [0.1, 0.15) is 0 Å². The summed E-state index contributed by atoms with van der Waals surface area (Å²) < 4.78 is 68.1. The molecule has 0 amide bonds. The van der Waals surface area contributed by atoms with Crippen molar-refractivity contribution in [3.63, 3.8) is 0 Å². The van der Waals surface area contributed by atoms with Gasteiger partial charge in [-0.3, -0.25) is 0 Å². The summed E-state index contributed by atoms with van der Waals surface area (Å²) >= 11 is 0. The molecule has 6 nitrogen and oxygen atoms in total. The molecular formula is C24H27F3N4O2S. The monoisotopic (exact) mass is 492 g/mol. The van der Waals surface area contributed by atoms with Crippen LogP contribution in [0.5, 0.6) is 0 Å². The number of rotatable bonds is 6. The normalized spacial score (nSPS) is 17.4. The van der Waals surface area contributed by atoms with Crippen LogP contribution in [0, 0.1) is 6.92 Å². The Kier molecular flexibility index (Phi) is 6.73. The van der Waals surface area contributed by atoms with E-state index in [1.54, 1.807) is 12.4 Å². The topological polar surface area (TPSA) is 58.4 Å². The van der Waals surface area contributed by atoms with Crippen LogP contribution >= 0.6 is 0 Å². The molecule has 0 saturated heterocycles. The van der Waals surface area contributed by atoms with E-state index in [0.29, 0.717) is 29.3 Å².